The molecule has 14 heavy (non-hydrogen) atoms. The first-order valence-electron chi connectivity index (χ1n) is 4.87. The quantitative estimate of drug-likeness (QED) is 0.729. The summed E-state index contributed by atoms with van der Waals surface area (Å²) in [5.74, 6) is 0. The number of hydrogen-bond acceptors (Lipinski definition) is 0. The maximum absolute atomic E-state index is 6.30. The molecule has 0 saturated heterocycles. The van der Waals surface area contributed by atoms with Crippen LogP contribution in [-0.2, 0) is 22.0 Å². The molecular formula is C12H13ClZr. The van der Waals surface area contributed by atoms with Crippen LogP contribution in [0, 0.1) is 0 Å². The van der Waals surface area contributed by atoms with E-state index in [-0.39, 0.29) is 3.12 Å². The van der Waals surface area contributed by atoms with Gasteiger partial charge in [-0.25, -0.2) is 0 Å². The van der Waals surface area contributed by atoms with Gasteiger partial charge in [-0.3, -0.25) is 0 Å². The van der Waals surface area contributed by atoms with E-state index in [2.05, 4.69) is 43.4 Å². The molecule has 0 aliphatic heterocycles. The monoisotopic (exact) mass is 282 g/mol. The number of halogens is 1. The average molecular weight is 284 g/mol. The van der Waals surface area contributed by atoms with E-state index in [0.29, 0.717) is 0 Å². The third-order valence-electron chi connectivity index (χ3n) is 3.02. The van der Waals surface area contributed by atoms with Crippen molar-refractivity contribution in [1.82, 2.24) is 0 Å². The second-order valence-electron chi connectivity index (χ2n) is 3.87. The van der Waals surface area contributed by atoms with Gasteiger partial charge in [0.1, 0.15) is 0 Å². The van der Waals surface area contributed by atoms with Gasteiger partial charge < -0.3 is 0 Å². The van der Waals surface area contributed by atoms with Gasteiger partial charge in [-0.1, -0.05) is 0 Å². The number of allylic oxidation sites excluding steroid dienone is 8. The maximum atomic E-state index is 6.30. The van der Waals surface area contributed by atoms with Crippen LogP contribution in [0.25, 0.3) is 0 Å². The summed E-state index contributed by atoms with van der Waals surface area (Å²) < 4.78 is 0.234. The van der Waals surface area contributed by atoms with Crippen LogP contribution < -0.4 is 0 Å². The van der Waals surface area contributed by atoms with Crippen molar-refractivity contribution in [2.24, 2.45) is 0 Å². The van der Waals surface area contributed by atoms with Gasteiger partial charge in [-0.2, -0.15) is 0 Å². The third kappa shape index (κ3) is 1.77. The zero-order chi connectivity index (χ0) is 10.0. The van der Waals surface area contributed by atoms with Crippen molar-refractivity contribution < 1.29 is 22.0 Å². The fourth-order valence-corrected chi connectivity index (χ4v) is 4.91. The van der Waals surface area contributed by atoms with Crippen molar-refractivity contribution in [1.29, 1.82) is 0 Å². The Labute approximate surface area is 101 Å². The molecule has 2 rings (SSSR count). The minimum atomic E-state index is -0.851. The van der Waals surface area contributed by atoms with Crippen molar-refractivity contribution >= 4 is 8.51 Å². The van der Waals surface area contributed by atoms with Crippen LogP contribution >= 0.6 is 8.51 Å². The Balaban J connectivity index is 2.25. The minimum absolute atomic E-state index is 0.234. The molecule has 2 aliphatic carbocycles. The van der Waals surface area contributed by atoms with Crippen LogP contribution in [0.4, 0.5) is 0 Å². The molecule has 0 N–H and O–H groups in total. The van der Waals surface area contributed by atoms with Crippen molar-refractivity contribution in [2.75, 3.05) is 0 Å². The Morgan fingerprint density at radius 3 is 1.93 bits per heavy atom. The van der Waals surface area contributed by atoms with Crippen LogP contribution in [0.5, 0.6) is 0 Å². The van der Waals surface area contributed by atoms with Crippen molar-refractivity contribution in [3.8, 4) is 0 Å². The summed E-state index contributed by atoms with van der Waals surface area (Å²) >= 11 is -0.851. The van der Waals surface area contributed by atoms with E-state index in [1.165, 1.54) is 11.1 Å². The number of rotatable bonds is 3. The molecule has 0 radical (unpaired) electrons. The fraction of sp³-hybridized carbons (Fsp3) is 0.333. The fourth-order valence-electron chi connectivity index (χ4n) is 1.96. The van der Waals surface area contributed by atoms with E-state index >= 15 is 0 Å². The average Bonchev–Trinajstić information content (AvgIpc) is 2.88. The Kier molecular flexibility index (Phi) is 3.29. The van der Waals surface area contributed by atoms with E-state index in [4.69, 9.17) is 8.51 Å². The van der Waals surface area contributed by atoms with Gasteiger partial charge in [-0.05, 0) is 0 Å². The van der Waals surface area contributed by atoms with E-state index in [9.17, 15) is 0 Å². The Morgan fingerprint density at radius 1 is 1.14 bits per heavy atom. The van der Waals surface area contributed by atoms with Crippen LogP contribution in [0.15, 0.2) is 47.6 Å². The van der Waals surface area contributed by atoms with Crippen LogP contribution in [0.3, 0.4) is 0 Å². The molecular weight excluding hydrogens is 271 g/mol. The predicted molar refractivity (Wildman–Crippen MR) is 57.9 cm³/mol. The predicted octanol–water partition coefficient (Wildman–Crippen LogP) is 4.17. The molecule has 0 fully saturated rings. The number of hydrogen-bond donors (Lipinski definition) is 0. The zero-order valence-corrected chi connectivity index (χ0v) is 11.5. The first kappa shape index (κ1) is 10.6. The normalized spacial score (nSPS) is 19.9. The van der Waals surface area contributed by atoms with E-state index in [1.807, 2.05) is 0 Å². The standard InChI is InChI=1S/C12H13.ClH.Zr/c1-10(11-6-2-3-7-11)12-8-4-5-9-12;;/h2-6,8H,7,9H2,1H3;1H;/q;;+1/p-1. The Hall–Kier alpha value is 0.133. The summed E-state index contributed by atoms with van der Waals surface area (Å²) in [5.41, 5.74) is 3.04. The summed E-state index contributed by atoms with van der Waals surface area (Å²) in [6.45, 7) is 2.32. The zero-order valence-electron chi connectivity index (χ0n) is 8.26. The first-order valence-corrected chi connectivity index (χ1v) is 9.27. The van der Waals surface area contributed by atoms with Gasteiger partial charge >= 0.3 is 101 Å². The molecule has 72 valence electrons. The SMILES string of the molecule is C[C]([Zr][Cl])(C1=CC=CC1)C1=CC=CC1. The van der Waals surface area contributed by atoms with Crippen LogP contribution in [-0.4, -0.2) is 0 Å². The van der Waals surface area contributed by atoms with Gasteiger partial charge in [-0.15, -0.1) is 0 Å². The second-order valence-corrected chi connectivity index (χ2v) is 7.91. The summed E-state index contributed by atoms with van der Waals surface area (Å²) in [5, 5.41) is 0. The van der Waals surface area contributed by atoms with Gasteiger partial charge in [0.05, 0.1) is 0 Å². The first-order chi connectivity index (χ1) is 6.77. The van der Waals surface area contributed by atoms with E-state index in [1.54, 1.807) is 0 Å². The van der Waals surface area contributed by atoms with Crippen LogP contribution in [0.2, 0.25) is 3.12 Å². The van der Waals surface area contributed by atoms with Crippen LogP contribution in [0.1, 0.15) is 19.8 Å². The topological polar surface area (TPSA) is 0 Å². The molecule has 0 amide bonds. The molecule has 0 spiro atoms. The molecule has 0 unspecified atom stereocenters. The van der Waals surface area contributed by atoms with E-state index < -0.39 is 22.0 Å². The molecule has 0 aromatic rings. The summed E-state index contributed by atoms with van der Waals surface area (Å²) in [4.78, 5) is 0. The third-order valence-corrected chi connectivity index (χ3v) is 7.76. The van der Waals surface area contributed by atoms with E-state index in [0.717, 1.165) is 12.8 Å². The molecule has 0 heterocycles. The molecule has 0 atom stereocenters. The Bertz CT molecular complexity index is 317. The molecule has 0 aromatic heterocycles. The van der Waals surface area contributed by atoms with Gasteiger partial charge in [0.2, 0.25) is 0 Å². The molecule has 0 nitrogen and oxygen atoms in total. The summed E-state index contributed by atoms with van der Waals surface area (Å²) in [7, 11) is 6.30. The molecule has 0 bridgehead atoms. The van der Waals surface area contributed by atoms with Crippen molar-refractivity contribution in [3.63, 3.8) is 0 Å². The molecule has 2 heteroatoms. The molecule has 0 aromatic carbocycles. The second kappa shape index (κ2) is 4.33. The van der Waals surface area contributed by atoms with Crippen molar-refractivity contribution in [2.45, 2.75) is 22.9 Å². The van der Waals surface area contributed by atoms with Gasteiger partial charge in [0.15, 0.2) is 0 Å². The molecule has 0 saturated carbocycles. The molecule has 2 aliphatic rings. The van der Waals surface area contributed by atoms with Gasteiger partial charge in [0, 0.05) is 0 Å². The summed E-state index contributed by atoms with van der Waals surface area (Å²) in [6, 6.07) is 0. The van der Waals surface area contributed by atoms with Gasteiger partial charge in [0.25, 0.3) is 0 Å². The summed E-state index contributed by atoms with van der Waals surface area (Å²) in [6.07, 6.45) is 15.5. The van der Waals surface area contributed by atoms with Crippen molar-refractivity contribution in [3.05, 3.63) is 47.6 Å². The Morgan fingerprint density at radius 2 is 1.64 bits per heavy atom.